The number of hydrogen-bond donors (Lipinski definition) is 0. The summed E-state index contributed by atoms with van der Waals surface area (Å²) in [5, 5.41) is 0.0985. The Bertz CT molecular complexity index is 450. The molecule has 1 amide bonds. The lowest BCUT2D eigenvalue weighted by Gasteiger charge is -2.32. The third kappa shape index (κ3) is 3.63. The van der Waals surface area contributed by atoms with Gasteiger partial charge in [0.05, 0.1) is 5.56 Å². The Kier molecular flexibility index (Phi) is 4.71. The number of aromatic nitrogens is 1. The Hall–Kier alpha value is -1.21. The molecule has 0 aliphatic carbocycles. The summed E-state index contributed by atoms with van der Waals surface area (Å²) in [6.45, 7) is 2.82. The van der Waals surface area contributed by atoms with Crippen molar-refractivity contribution in [2.45, 2.75) is 10.8 Å². The van der Waals surface area contributed by atoms with Crippen molar-refractivity contribution in [3.8, 4) is 0 Å². The van der Waals surface area contributed by atoms with Crippen LogP contribution in [0.3, 0.4) is 0 Å². The summed E-state index contributed by atoms with van der Waals surface area (Å²) in [5.41, 5.74) is 0.261. The van der Waals surface area contributed by atoms with Crippen LogP contribution in [-0.2, 0) is 0 Å². The molecule has 2 heterocycles. The summed E-state index contributed by atoms with van der Waals surface area (Å²) in [6.07, 6.45) is 1.42. The van der Waals surface area contributed by atoms with Crippen LogP contribution in [-0.4, -0.2) is 59.7 Å². The summed E-state index contributed by atoms with van der Waals surface area (Å²) in [7, 11) is 1.99. The first-order valence-electron chi connectivity index (χ1n) is 5.95. The number of nitrogens with zero attached hydrogens (tertiary/aromatic N) is 3. The number of thioether (sulfide) groups is 1. The van der Waals surface area contributed by atoms with Gasteiger partial charge < -0.3 is 9.80 Å². The zero-order chi connectivity index (χ0) is 13.8. The number of carbonyl (C=O) groups excluding carboxylic acids is 1. The number of piperazine rings is 1. The average molecular weight is 287 g/mol. The second-order valence-corrected chi connectivity index (χ2v) is 5.31. The van der Waals surface area contributed by atoms with Crippen molar-refractivity contribution in [2.24, 2.45) is 0 Å². The zero-order valence-corrected chi connectivity index (χ0v) is 11.4. The molecule has 1 aromatic rings. The number of rotatable bonds is 3. The third-order valence-electron chi connectivity index (χ3n) is 2.99. The SMILES string of the molecule is CN1CCN(C(=O)c2cccnc2SC(F)F)CC1. The van der Waals surface area contributed by atoms with Gasteiger partial charge in [-0.05, 0) is 30.9 Å². The molecule has 0 radical (unpaired) electrons. The van der Waals surface area contributed by atoms with Crippen LogP contribution in [0.5, 0.6) is 0 Å². The van der Waals surface area contributed by atoms with E-state index in [0.29, 0.717) is 24.9 Å². The van der Waals surface area contributed by atoms with Gasteiger partial charge in [0.15, 0.2) is 0 Å². The van der Waals surface area contributed by atoms with E-state index in [4.69, 9.17) is 0 Å². The maximum absolute atomic E-state index is 12.4. The highest BCUT2D eigenvalue weighted by atomic mass is 32.2. The van der Waals surface area contributed by atoms with Gasteiger partial charge in [0.2, 0.25) is 0 Å². The Balaban J connectivity index is 2.14. The van der Waals surface area contributed by atoms with Crippen molar-refractivity contribution >= 4 is 17.7 Å². The van der Waals surface area contributed by atoms with Gasteiger partial charge in [-0.3, -0.25) is 4.79 Å². The fraction of sp³-hybridized carbons (Fsp3) is 0.500. The van der Waals surface area contributed by atoms with Gasteiger partial charge in [0.1, 0.15) is 5.03 Å². The second kappa shape index (κ2) is 6.29. The first-order chi connectivity index (χ1) is 9.08. The van der Waals surface area contributed by atoms with Crippen LogP contribution in [0.1, 0.15) is 10.4 Å². The van der Waals surface area contributed by atoms with Crippen LogP contribution in [0.4, 0.5) is 8.78 Å². The normalized spacial score (nSPS) is 16.9. The molecule has 1 saturated heterocycles. The minimum absolute atomic E-state index is 0.0985. The first kappa shape index (κ1) is 14.2. The van der Waals surface area contributed by atoms with E-state index in [-0.39, 0.29) is 16.5 Å². The Labute approximate surface area is 114 Å². The molecule has 1 aromatic heterocycles. The average Bonchev–Trinajstić information content (AvgIpc) is 2.39. The van der Waals surface area contributed by atoms with Crippen molar-refractivity contribution < 1.29 is 13.6 Å². The molecule has 0 saturated carbocycles. The molecule has 0 spiro atoms. The number of hydrogen-bond acceptors (Lipinski definition) is 4. The number of pyridine rings is 1. The van der Waals surface area contributed by atoms with E-state index in [0.717, 1.165) is 13.1 Å². The Morgan fingerprint density at radius 1 is 1.37 bits per heavy atom. The van der Waals surface area contributed by atoms with Gasteiger partial charge in [0.25, 0.3) is 11.7 Å². The van der Waals surface area contributed by atoms with Gasteiger partial charge in [-0.25, -0.2) is 4.98 Å². The van der Waals surface area contributed by atoms with E-state index < -0.39 is 5.76 Å². The van der Waals surface area contributed by atoms with Crippen molar-refractivity contribution in [2.75, 3.05) is 33.2 Å². The summed E-state index contributed by atoms with van der Waals surface area (Å²) in [5.74, 6) is -2.79. The number of carbonyl (C=O) groups is 1. The number of likely N-dealkylation sites (N-methyl/N-ethyl adjacent to an activating group) is 1. The van der Waals surface area contributed by atoms with E-state index in [9.17, 15) is 13.6 Å². The molecular weight excluding hydrogens is 272 g/mol. The van der Waals surface area contributed by atoms with Crippen LogP contribution in [0.15, 0.2) is 23.4 Å². The summed E-state index contributed by atoms with van der Waals surface area (Å²) < 4.78 is 24.9. The van der Waals surface area contributed by atoms with E-state index in [2.05, 4.69) is 9.88 Å². The number of halogens is 2. The molecule has 0 aromatic carbocycles. The number of alkyl halides is 2. The molecular formula is C12H15F2N3OS. The summed E-state index contributed by atoms with van der Waals surface area (Å²) >= 11 is 0.316. The van der Waals surface area contributed by atoms with Gasteiger partial charge in [-0.15, -0.1) is 0 Å². The lowest BCUT2D eigenvalue weighted by molar-refractivity contribution is 0.0660. The van der Waals surface area contributed by atoms with Crippen LogP contribution in [0, 0.1) is 0 Å². The molecule has 19 heavy (non-hydrogen) atoms. The maximum atomic E-state index is 12.4. The third-order valence-corrected chi connectivity index (χ3v) is 3.72. The highest BCUT2D eigenvalue weighted by Gasteiger charge is 2.24. The predicted octanol–water partition coefficient (Wildman–Crippen LogP) is 1.78. The van der Waals surface area contributed by atoms with Crippen LogP contribution in [0.25, 0.3) is 0 Å². The summed E-state index contributed by atoms with van der Waals surface area (Å²) in [6, 6.07) is 3.15. The fourth-order valence-corrected chi connectivity index (χ4v) is 2.48. The molecule has 1 fully saturated rings. The minimum Gasteiger partial charge on any atom is -0.336 e. The Morgan fingerprint density at radius 3 is 2.68 bits per heavy atom. The number of amides is 1. The van der Waals surface area contributed by atoms with Crippen LogP contribution < -0.4 is 0 Å². The van der Waals surface area contributed by atoms with Crippen molar-refractivity contribution in [1.29, 1.82) is 0 Å². The first-order valence-corrected chi connectivity index (χ1v) is 6.83. The molecule has 104 valence electrons. The van der Waals surface area contributed by atoms with Gasteiger partial charge in [-0.1, -0.05) is 0 Å². The monoisotopic (exact) mass is 287 g/mol. The molecule has 0 atom stereocenters. The highest BCUT2D eigenvalue weighted by molar-refractivity contribution is 7.99. The molecule has 1 aliphatic rings. The van der Waals surface area contributed by atoms with Crippen LogP contribution in [0.2, 0.25) is 0 Å². The highest BCUT2D eigenvalue weighted by Crippen LogP contribution is 2.27. The van der Waals surface area contributed by atoms with Crippen molar-refractivity contribution in [3.63, 3.8) is 0 Å². The molecule has 0 bridgehead atoms. The second-order valence-electron chi connectivity index (χ2n) is 4.33. The zero-order valence-electron chi connectivity index (χ0n) is 10.6. The molecule has 7 heteroatoms. The van der Waals surface area contributed by atoms with Gasteiger partial charge in [0, 0.05) is 32.4 Å². The standard InChI is InChI=1S/C12H15F2N3OS/c1-16-5-7-17(8-6-16)11(18)9-3-2-4-15-10(9)19-12(13)14/h2-4,12H,5-8H2,1H3. The predicted molar refractivity (Wildman–Crippen MR) is 69.5 cm³/mol. The van der Waals surface area contributed by atoms with Gasteiger partial charge in [-0.2, -0.15) is 8.78 Å². The van der Waals surface area contributed by atoms with Crippen LogP contribution >= 0.6 is 11.8 Å². The Morgan fingerprint density at radius 2 is 2.05 bits per heavy atom. The smallest absolute Gasteiger partial charge is 0.290 e. The largest absolute Gasteiger partial charge is 0.336 e. The minimum atomic E-state index is -2.58. The lowest BCUT2D eigenvalue weighted by atomic mass is 10.2. The van der Waals surface area contributed by atoms with Crippen molar-refractivity contribution in [3.05, 3.63) is 23.9 Å². The van der Waals surface area contributed by atoms with E-state index in [1.165, 1.54) is 6.20 Å². The molecule has 4 nitrogen and oxygen atoms in total. The molecule has 2 rings (SSSR count). The van der Waals surface area contributed by atoms with E-state index in [1.54, 1.807) is 17.0 Å². The molecule has 0 unspecified atom stereocenters. The molecule has 0 N–H and O–H groups in total. The van der Waals surface area contributed by atoms with E-state index in [1.807, 2.05) is 7.05 Å². The summed E-state index contributed by atoms with van der Waals surface area (Å²) in [4.78, 5) is 20.0. The van der Waals surface area contributed by atoms with Gasteiger partial charge >= 0.3 is 0 Å². The molecule has 1 aliphatic heterocycles. The quantitative estimate of drug-likeness (QED) is 0.794. The van der Waals surface area contributed by atoms with Crippen molar-refractivity contribution in [1.82, 2.24) is 14.8 Å². The maximum Gasteiger partial charge on any atom is 0.290 e. The lowest BCUT2D eigenvalue weighted by Crippen LogP contribution is -2.47. The van der Waals surface area contributed by atoms with E-state index >= 15 is 0 Å². The topological polar surface area (TPSA) is 36.4 Å². The fourth-order valence-electron chi connectivity index (χ4n) is 1.91.